The Morgan fingerprint density at radius 3 is 2.73 bits per heavy atom. The lowest BCUT2D eigenvalue weighted by atomic mass is 9.98. The van der Waals surface area contributed by atoms with E-state index in [4.69, 9.17) is 16.3 Å². The zero-order chi connectivity index (χ0) is 11.0. The third-order valence-electron chi connectivity index (χ3n) is 2.05. The number of nitrogens with zero attached hydrogens (tertiary/aromatic N) is 1. The third-order valence-corrected chi connectivity index (χ3v) is 2.26. The van der Waals surface area contributed by atoms with Crippen LogP contribution in [0.1, 0.15) is 16.1 Å². The van der Waals surface area contributed by atoms with E-state index >= 15 is 0 Å². The van der Waals surface area contributed by atoms with Crippen molar-refractivity contribution in [2.75, 3.05) is 7.11 Å². The molecule has 0 spiro atoms. The minimum Gasteiger partial charge on any atom is -0.494 e. The third kappa shape index (κ3) is 1.53. The number of ether oxygens (including phenoxy) is 1. The van der Waals surface area contributed by atoms with Crippen molar-refractivity contribution in [1.29, 1.82) is 0 Å². The number of Topliss-reactive ketones (excluding diaryl/α,β-unsaturated/α-hetero) is 1. The zero-order valence-electron chi connectivity index (χ0n) is 7.78. The predicted octanol–water partition coefficient (Wildman–Crippen LogP) is 1.49. The maximum Gasteiger partial charge on any atom is 0.235 e. The van der Waals surface area contributed by atoms with Crippen molar-refractivity contribution < 1.29 is 14.3 Å². The van der Waals surface area contributed by atoms with E-state index in [0.717, 1.165) is 6.08 Å². The number of methoxy groups -OCH3 is 1. The van der Waals surface area contributed by atoms with E-state index in [1.165, 1.54) is 19.2 Å². The number of fused-ring (bicyclic) bond motifs is 1. The molecule has 76 valence electrons. The Morgan fingerprint density at radius 2 is 2.07 bits per heavy atom. The zero-order valence-corrected chi connectivity index (χ0v) is 8.54. The number of allylic oxidation sites excluding steroid dienone is 1. The van der Waals surface area contributed by atoms with Gasteiger partial charge in [0.2, 0.25) is 11.6 Å². The van der Waals surface area contributed by atoms with Crippen molar-refractivity contribution in [3.8, 4) is 0 Å². The Morgan fingerprint density at radius 1 is 1.33 bits per heavy atom. The predicted molar refractivity (Wildman–Crippen MR) is 53.6 cm³/mol. The summed E-state index contributed by atoms with van der Waals surface area (Å²) in [6.45, 7) is 0. The van der Waals surface area contributed by atoms with Gasteiger partial charge in [0.25, 0.3) is 0 Å². The summed E-state index contributed by atoms with van der Waals surface area (Å²) in [6, 6.07) is 2.93. The number of halogens is 1. The molecule has 1 heterocycles. The van der Waals surface area contributed by atoms with Crippen molar-refractivity contribution in [2.24, 2.45) is 0 Å². The van der Waals surface area contributed by atoms with Crippen LogP contribution in [0.2, 0.25) is 5.15 Å². The van der Waals surface area contributed by atoms with Crippen molar-refractivity contribution in [1.82, 2.24) is 4.98 Å². The lowest BCUT2D eigenvalue weighted by Gasteiger charge is -2.13. The average Bonchev–Trinajstić information content (AvgIpc) is 2.23. The summed E-state index contributed by atoms with van der Waals surface area (Å²) in [4.78, 5) is 26.7. The number of carbonyl (C=O) groups excluding carboxylic acids is 2. The molecule has 1 aliphatic carbocycles. The Hall–Kier alpha value is -1.68. The average molecular weight is 224 g/mol. The van der Waals surface area contributed by atoms with Gasteiger partial charge in [0.1, 0.15) is 16.6 Å². The normalized spacial score (nSPS) is 14.7. The van der Waals surface area contributed by atoms with Crippen molar-refractivity contribution in [2.45, 2.75) is 0 Å². The molecule has 0 saturated carbocycles. The number of ketones is 2. The van der Waals surface area contributed by atoms with Crippen molar-refractivity contribution in [3.63, 3.8) is 0 Å². The highest BCUT2D eigenvalue weighted by Crippen LogP contribution is 2.24. The number of hydrogen-bond donors (Lipinski definition) is 0. The summed E-state index contributed by atoms with van der Waals surface area (Å²) in [5, 5.41) is 0.249. The second-order valence-electron chi connectivity index (χ2n) is 2.94. The second kappa shape index (κ2) is 3.47. The van der Waals surface area contributed by atoms with Crippen molar-refractivity contribution >= 4 is 28.9 Å². The van der Waals surface area contributed by atoms with Gasteiger partial charge in [-0.3, -0.25) is 9.59 Å². The molecule has 0 saturated heterocycles. The van der Waals surface area contributed by atoms with Crippen LogP contribution in [0, 0.1) is 0 Å². The van der Waals surface area contributed by atoms with Gasteiger partial charge in [0.15, 0.2) is 0 Å². The van der Waals surface area contributed by atoms with Crippen LogP contribution in [-0.2, 0) is 9.53 Å². The molecular weight excluding hydrogens is 218 g/mol. The number of carbonyl (C=O) groups is 2. The van der Waals surface area contributed by atoms with E-state index in [-0.39, 0.29) is 16.5 Å². The van der Waals surface area contributed by atoms with Crippen LogP contribution in [0.4, 0.5) is 0 Å². The molecule has 15 heavy (non-hydrogen) atoms. The molecule has 0 fully saturated rings. The molecule has 1 aliphatic rings. The molecule has 0 aliphatic heterocycles. The standard InChI is InChI=1S/C10H6ClNO3/c1-15-7-4-6(13)10(14)5-2-3-8(11)12-9(5)7/h2-4H,1H3. The van der Waals surface area contributed by atoms with Crippen LogP contribution in [0.25, 0.3) is 5.76 Å². The molecule has 1 aromatic heterocycles. The van der Waals surface area contributed by atoms with Gasteiger partial charge >= 0.3 is 0 Å². The maximum absolute atomic E-state index is 11.5. The summed E-state index contributed by atoms with van der Waals surface area (Å²) in [7, 11) is 1.40. The number of pyridine rings is 1. The van der Waals surface area contributed by atoms with Gasteiger partial charge in [0, 0.05) is 6.08 Å². The van der Waals surface area contributed by atoms with E-state index in [2.05, 4.69) is 4.98 Å². The van der Waals surface area contributed by atoms with Crippen LogP contribution < -0.4 is 0 Å². The lowest BCUT2D eigenvalue weighted by Crippen LogP contribution is -2.20. The van der Waals surface area contributed by atoms with Gasteiger partial charge in [-0.25, -0.2) is 4.98 Å². The summed E-state index contributed by atoms with van der Waals surface area (Å²) >= 11 is 5.69. The molecule has 0 N–H and O–H groups in total. The number of aromatic nitrogens is 1. The quantitative estimate of drug-likeness (QED) is 0.535. The van der Waals surface area contributed by atoms with E-state index < -0.39 is 11.6 Å². The van der Waals surface area contributed by atoms with Crippen LogP contribution >= 0.6 is 11.6 Å². The van der Waals surface area contributed by atoms with E-state index in [0.29, 0.717) is 5.69 Å². The molecule has 0 amide bonds. The van der Waals surface area contributed by atoms with E-state index in [1.54, 1.807) is 0 Å². The first kappa shape index (κ1) is 9.86. The summed E-state index contributed by atoms with van der Waals surface area (Å²) in [6.07, 6.45) is 1.12. The minimum atomic E-state index is -0.608. The molecule has 0 bridgehead atoms. The number of hydrogen-bond acceptors (Lipinski definition) is 4. The highest BCUT2D eigenvalue weighted by Gasteiger charge is 2.27. The largest absolute Gasteiger partial charge is 0.494 e. The smallest absolute Gasteiger partial charge is 0.235 e. The molecule has 2 rings (SSSR count). The van der Waals surface area contributed by atoms with Crippen molar-refractivity contribution in [3.05, 3.63) is 34.6 Å². The van der Waals surface area contributed by atoms with Gasteiger partial charge in [-0.2, -0.15) is 0 Å². The minimum absolute atomic E-state index is 0.226. The monoisotopic (exact) mass is 223 g/mol. The molecule has 0 unspecified atom stereocenters. The van der Waals surface area contributed by atoms with E-state index in [1.807, 2.05) is 0 Å². The van der Waals surface area contributed by atoms with Gasteiger partial charge in [0.05, 0.1) is 12.7 Å². The Bertz CT molecular complexity index is 493. The first-order valence-electron chi connectivity index (χ1n) is 4.14. The fraction of sp³-hybridized carbons (Fsp3) is 0.100. The molecular formula is C10H6ClNO3. The lowest BCUT2D eigenvalue weighted by molar-refractivity contribution is -0.111. The van der Waals surface area contributed by atoms with Crippen LogP contribution in [0.3, 0.4) is 0 Å². The van der Waals surface area contributed by atoms with Gasteiger partial charge < -0.3 is 4.74 Å². The molecule has 4 nitrogen and oxygen atoms in total. The summed E-state index contributed by atoms with van der Waals surface area (Å²) < 4.78 is 4.96. The molecule has 0 aromatic carbocycles. The molecule has 1 aromatic rings. The molecule has 0 atom stereocenters. The summed E-state index contributed by atoms with van der Waals surface area (Å²) in [5.41, 5.74) is 0.540. The number of rotatable bonds is 1. The molecule has 0 radical (unpaired) electrons. The maximum atomic E-state index is 11.5. The van der Waals surface area contributed by atoms with Gasteiger partial charge in [-0.1, -0.05) is 11.6 Å². The van der Waals surface area contributed by atoms with Gasteiger partial charge in [-0.15, -0.1) is 0 Å². The Labute approximate surface area is 90.5 Å². The highest BCUT2D eigenvalue weighted by molar-refractivity contribution is 6.50. The van der Waals surface area contributed by atoms with Crippen LogP contribution in [0.15, 0.2) is 18.2 Å². The topological polar surface area (TPSA) is 56.3 Å². The van der Waals surface area contributed by atoms with Crippen LogP contribution in [-0.4, -0.2) is 23.7 Å². The summed E-state index contributed by atoms with van der Waals surface area (Å²) in [5.74, 6) is -0.935. The molecule has 5 heteroatoms. The van der Waals surface area contributed by atoms with Gasteiger partial charge in [-0.05, 0) is 12.1 Å². The van der Waals surface area contributed by atoms with Crippen LogP contribution in [0.5, 0.6) is 0 Å². The first-order valence-corrected chi connectivity index (χ1v) is 4.52. The first-order chi connectivity index (χ1) is 7.13. The SMILES string of the molecule is COC1=CC(=O)C(=O)c2ccc(Cl)nc21. The fourth-order valence-electron chi connectivity index (χ4n) is 1.35. The Balaban J connectivity index is 2.68. The Kier molecular flexibility index (Phi) is 2.28. The second-order valence-corrected chi connectivity index (χ2v) is 3.32. The highest BCUT2D eigenvalue weighted by atomic mass is 35.5. The van der Waals surface area contributed by atoms with E-state index in [9.17, 15) is 9.59 Å². The fourth-order valence-corrected chi connectivity index (χ4v) is 1.50.